The normalized spacial score (nSPS) is 13.0. The predicted octanol–water partition coefficient (Wildman–Crippen LogP) is 2.08. The third-order valence-electron chi connectivity index (χ3n) is 2.71. The molecular formula is C12H15F3N6. The molecule has 9 heteroatoms. The molecule has 2 heterocycles. The van der Waals surface area contributed by atoms with Crippen LogP contribution in [0.5, 0.6) is 0 Å². The number of anilines is 2. The molecule has 0 saturated carbocycles. The molecule has 2 aromatic heterocycles. The fraction of sp³-hybridized carbons (Fsp3) is 0.333. The molecule has 0 aliphatic carbocycles. The summed E-state index contributed by atoms with van der Waals surface area (Å²) < 4.78 is 40.0. The van der Waals surface area contributed by atoms with Gasteiger partial charge in [-0.2, -0.15) is 18.3 Å². The van der Waals surface area contributed by atoms with Crippen molar-refractivity contribution < 1.29 is 13.2 Å². The fourth-order valence-electron chi connectivity index (χ4n) is 1.83. The Morgan fingerprint density at radius 2 is 2.05 bits per heavy atom. The van der Waals surface area contributed by atoms with Gasteiger partial charge in [0, 0.05) is 18.4 Å². The maximum absolute atomic E-state index is 12.8. The van der Waals surface area contributed by atoms with Crippen LogP contribution in [0.15, 0.2) is 30.6 Å². The van der Waals surface area contributed by atoms with E-state index in [2.05, 4.69) is 20.8 Å². The van der Waals surface area contributed by atoms with E-state index in [0.717, 1.165) is 12.1 Å². The molecule has 6 nitrogen and oxygen atoms in total. The zero-order chi connectivity index (χ0) is 15.5. The van der Waals surface area contributed by atoms with Gasteiger partial charge in [-0.1, -0.05) is 0 Å². The van der Waals surface area contributed by atoms with Crippen molar-refractivity contribution >= 4 is 11.6 Å². The Balaban J connectivity index is 2.15. The van der Waals surface area contributed by atoms with Crippen LogP contribution in [0.25, 0.3) is 0 Å². The van der Waals surface area contributed by atoms with Gasteiger partial charge in [0.25, 0.3) is 0 Å². The molecule has 0 aliphatic rings. The number of hydrazine groups is 1. The lowest BCUT2D eigenvalue weighted by Crippen LogP contribution is -2.23. The van der Waals surface area contributed by atoms with E-state index in [0.29, 0.717) is 6.54 Å². The Hall–Kier alpha value is -2.29. The van der Waals surface area contributed by atoms with Gasteiger partial charge < -0.3 is 10.7 Å². The average Bonchev–Trinajstić information content (AvgIpc) is 2.89. The van der Waals surface area contributed by atoms with Crippen LogP contribution < -0.4 is 16.6 Å². The van der Waals surface area contributed by atoms with Crippen LogP contribution in [0.4, 0.5) is 24.8 Å². The van der Waals surface area contributed by atoms with E-state index in [1.54, 1.807) is 23.1 Å². The first-order valence-electron chi connectivity index (χ1n) is 6.18. The summed E-state index contributed by atoms with van der Waals surface area (Å²) in [7, 11) is 0. The number of alkyl halides is 3. The van der Waals surface area contributed by atoms with Crippen molar-refractivity contribution in [1.82, 2.24) is 14.8 Å². The summed E-state index contributed by atoms with van der Waals surface area (Å²) in [6.45, 7) is 2.31. The minimum Gasteiger partial charge on any atom is -0.366 e. The highest BCUT2D eigenvalue weighted by Crippen LogP contribution is 2.32. The zero-order valence-electron chi connectivity index (χ0n) is 11.2. The van der Waals surface area contributed by atoms with Crippen molar-refractivity contribution in [3.05, 3.63) is 36.2 Å². The zero-order valence-corrected chi connectivity index (χ0v) is 11.2. The fourth-order valence-corrected chi connectivity index (χ4v) is 1.83. The molecule has 1 atom stereocenters. The van der Waals surface area contributed by atoms with Crippen molar-refractivity contribution in [3.63, 3.8) is 0 Å². The summed E-state index contributed by atoms with van der Waals surface area (Å²) in [5.41, 5.74) is 1.31. The summed E-state index contributed by atoms with van der Waals surface area (Å²) in [5.74, 6) is 5.19. The number of rotatable bonds is 5. The Bertz CT molecular complexity index is 581. The summed E-state index contributed by atoms with van der Waals surface area (Å²) in [6, 6.07) is 3.40. The molecule has 0 amide bonds. The first-order valence-corrected chi connectivity index (χ1v) is 6.18. The van der Waals surface area contributed by atoms with Crippen LogP contribution in [0, 0.1) is 0 Å². The van der Waals surface area contributed by atoms with Crippen LogP contribution in [-0.4, -0.2) is 20.8 Å². The van der Waals surface area contributed by atoms with Gasteiger partial charge in [0.1, 0.15) is 11.6 Å². The van der Waals surface area contributed by atoms with E-state index < -0.39 is 11.7 Å². The minimum absolute atomic E-state index is 0.0568. The van der Waals surface area contributed by atoms with Gasteiger partial charge in [-0.25, -0.2) is 10.8 Å². The second kappa shape index (κ2) is 6.00. The standard InChI is InChI=1S/C12H15F3N6/c1-8(7-21-4-2-3-17-21)18-10-5-9(12(13,14)15)6-11(19-10)20-16/h2-6,8H,7,16H2,1H3,(H2,18,19,20). The Labute approximate surface area is 119 Å². The molecule has 0 saturated heterocycles. The van der Waals surface area contributed by atoms with Gasteiger partial charge in [0.05, 0.1) is 12.1 Å². The van der Waals surface area contributed by atoms with Gasteiger partial charge in [0.15, 0.2) is 0 Å². The van der Waals surface area contributed by atoms with Gasteiger partial charge in [-0.05, 0) is 25.1 Å². The molecule has 1 unspecified atom stereocenters. The number of nitrogens with two attached hydrogens (primary N) is 1. The van der Waals surface area contributed by atoms with Crippen LogP contribution in [0.2, 0.25) is 0 Å². The van der Waals surface area contributed by atoms with Crippen LogP contribution in [0.1, 0.15) is 12.5 Å². The lowest BCUT2D eigenvalue weighted by atomic mass is 10.2. The molecule has 2 rings (SSSR count). The van der Waals surface area contributed by atoms with Gasteiger partial charge in [0.2, 0.25) is 0 Å². The van der Waals surface area contributed by atoms with Crippen molar-refractivity contribution in [1.29, 1.82) is 0 Å². The lowest BCUT2D eigenvalue weighted by molar-refractivity contribution is -0.137. The lowest BCUT2D eigenvalue weighted by Gasteiger charge is -2.17. The largest absolute Gasteiger partial charge is 0.416 e. The van der Waals surface area contributed by atoms with E-state index in [1.807, 2.05) is 6.92 Å². The monoisotopic (exact) mass is 300 g/mol. The van der Waals surface area contributed by atoms with Crippen LogP contribution in [0.3, 0.4) is 0 Å². The number of hydrogen-bond donors (Lipinski definition) is 3. The van der Waals surface area contributed by atoms with Crippen molar-refractivity contribution in [2.45, 2.75) is 25.7 Å². The average molecular weight is 300 g/mol. The first kappa shape index (κ1) is 15.1. The summed E-state index contributed by atoms with van der Waals surface area (Å²) in [5, 5.41) is 6.93. The highest BCUT2D eigenvalue weighted by Gasteiger charge is 2.31. The van der Waals surface area contributed by atoms with Crippen LogP contribution in [-0.2, 0) is 12.7 Å². The number of nitrogen functional groups attached to an aromatic ring is 1. The Morgan fingerprint density at radius 1 is 1.33 bits per heavy atom. The minimum atomic E-state index is -4.46. The predicted molar refractivity (Wildman–Crippen MR) is 72.4 cm³/mol. The highest BCUT2D eigenvalue weighted by atomic mass is 19.4. The molecule has 0 aliphatic heterocycles. The van der Waals surface area contributed by atoms with Crippen molar-refractivity contribution in [2.75, 3.05) is 10.7 Å². The topological polar surface area (TPSA) is 80.8 Å². The molecule has 0 fully saturated rings. The van der Waals surface area contributed by atoms with E-state index in [1.165, 1.54) is 0 Å². The van der Waals surface area contributed by atoms with Crippen molar-refractivity contribution in [2.24, 2.45) is 5.84 Å². The molecule has 2 aromatic rings. The number of halogens is 3. The molecular weight excluding hydrogens is 285 g/mol. The quantitative estimate of drug-likeness (QED) is 0.582. The second-order valence-electron chi connectivity index (χ2n) is 4.54. The van der Waals surface area contributed by atoms with E-state index in [-0.39, 0.29) is 17.7 Å². The maximum Gasteiger partial charge on any atom is 0.416 e. The number of aromatic nitrogens is 3. The number of hydrogen-bond acceptors (Lipinski definition) is 5. The molecule has 114 valence electrons. The smallest absolute Gasteiger partial charge is 0.366 e. The molecule has 0 radical (unpaired) electrons. The van der Waals surface area contributed by atoms with Gasteiger partial charge in [-0.3, -0.25) is 4.68 Å². The molecule has 0 spiro atoms. The molecule has 4 N–H and O–H groups in total. The Morgan fingerprint density at radius 3 is 2.62 bits per heavy atom. The third-order valence-corrected chi connectivity index (χ3v) is 2.71. The van der Waals surface area contributed by atoms with Gasteiger partial charge in [-0.15, -0.1) is 0 Å². The van der Waals surface area contributed by atoms with E-state index in [9.17, 15) is 13.2 Å². The summed E-state index contributed by atoms with van der Waals surface area (Å²) >= 11 is 0. The summed E-state index contributed by atoms with van der Waals surface area (Å²) in [4.78, 5) is 3.96. The number of nitrogens with one attached hydrogen (secondary N) is 2. The number of nitrogens with zero attached hydrogens (tertiary/aromatic N) is 3. The highest BCUT2D eigenvalue weighted by molar-refractivity contribution is 5.49. The SMILES string of the molecule is CC(Cn1cccn1)Nc1cc(C(F)(F)F)cc(NN)n1. The Kier molecular flexibility index (Phi) is 4.32. The van der Waals surface area contributed by atoms with E-state index in [4.69, 9.17) is 5.84 Å². The maximum atomic E-state index is 12.8. The third kappa shape index (κ3) is 4.09. The second-order valence-corrected chi connectivity index (χ2v) is 4.54. The van der Waals surface area contributed by atoms with E-state index >= 15 is 0 Å². The molecule has 0 aromatic carbocycles. The van der Waals surface area contributed by atoms with Crippen LogP contribution >= 0.6 is 0 Å². The number of pyridine rings is 1. The van der Waals surface area contributed by atoms with Gasteiger partial charge >= 0.3 is 6.18 Å². The first-order chi connectivity index (χ1) is 9.88. The molecule has 21 heavy (non-hydrogen) atoms. The molecule has 0 bridgehead atoms. The summed E-state index contributed by atoms with van der Waals surface area (Å²) in [6.07, 6.45) is -1.06. The van der Waals surface area contributed by atoms with Crippen molar-refractivity contribution in [3.8, 4) is 0 Å².